The van der Waals surface area contributed by atoms with Gasteiger partial charge in [0.1, 0.15) is 91.6 Å². The molecule has 4 saturated heterocycles. The molecule has 0 aromatic rings. The second-order valence-corrected chi connectivity index (χ2v) is 27.5. The Bertz CT molecular complexity index is 2390. The van der Waals surface area contributed by atoms with Crippen LogP contribution in [0.15, 0.2) is 23.3 Å². The summed E-state index contributed by atoms with van der Waals surface area (Å²) >= 11 is 0. The number of hydrogen-bond donors (Lipinski definition) is 14. The number of allylic oxidation sites excluding steroid dienone is 3. The summed E-state index contributed by atoms with van der Waals surface area (Å²) in [6.07, 6.45) is -30.5. The predicted octanol–water partition coefficient (Wildman–Crippen LogP) is -1.37. The third-order valence-electron chi connectivity index (χ3n) is 22.1. The Morgan fingerprint density at radius 2 is 1.24 bits per heavy atom. The molecule has 0 amide bonds. The van der Waals surface area contributed by atoms with Gasteiger partial charge in [-0.15, -0.1) is 0 Å². The maximum Gasteiger partial charge on any atom is 0.335 e. The number of carbonyl (C=O) groups excluding carboxylic acids is 1. The number of esters is 1. The van der Waals surface area contributed by atoms with Crippen molar-refractivity contribution in [2.24, 2.45) is 50.2 Å². The molecule has 29 atom stereocenters. The van der Waals surface area contributed by atoms with Gasteiger partial charge in [-0.2, -0.15) is 0 Å². The molecule has 0 spiro atoms. The van der Waals surface area contributed by atoms with Gasteiger partial charge < -0.3 is 114 Å². The van der Waals surface area contributed by atoms with Crippen molar-refractivity contribution in [3.05, 3.63) is 23.3 Å². The lowest BCUT2D eigenvalue weighted by atomic mass is 9.33. The maximum absolute atomic E-state index is 13.4. The number of carboxylic acid groups (broad SMARTS) is 1. The number of hydrogen-bond acceptors (Lipinski definition) is 24. The minimum absolute atomic E-state index is 0.0485. The molecule has 0 aromatic heterocycles. The number of aliphatic carboxylic acids is 1. The average molecular weight is 1190 g/mol. The van der Waals surface area contributed by atoms with Gasteiger partial charge in [0, 0.05) is 5.57 Å². The van der Waals surface area contributed by atoms with Crippen molar-refractivity contribution in [2.75, 3.05) is 26.4 Å². The van der Waals surface area contributed by atoms with E-state index in [4.69, 9.17) is 42.6 Å². The maximum atomic E-state index is 13.4. The molecule has 0 aromatic carbocycles. The summed E-state index contributed by atoms with van der Waals surface area (Å²) < 4.78 is 55.0. The summed E-state index contributed by atoms with van der Waals surface area (Å²) in [5, 5.41) is 154. The highest BCUT2D eigenvalue weighted by atomic mass is 16.8. The molecule has 4 saturated carbocycles. The van der Waals surface area contributed by atoms with Crippen LogP contribution in [0.4, 0.5) is 0 Å². The fourth-order valence-electron chi connectivity index (χ4n) is 17.1. The standard InChI is InChI=1S/C58H92O25/c1-10-24(2)48(74)78-34-19-53(3,4)17-26-25-11-12-31-55(7)15-14-33(54(5,6)30(55)13-16-56(31,8)57(25,9)18-32(63)58(26,34)23-61)79-52-46(83-50-41(70)38(67)36(65)28(20-59)76-50)43(42(71)44(81-52)47(72)73)80-51-45(39(68)37(66)29(21-60)77-51)82-49-40(69)35(64)27(62)22-75-49/h10-11,26-46,49-52,59-71H,12-23H2,1-9H3,(H,72,73)/b24-10+/t26?,27-,28-,29-,30?,31?,32-,33+,34+,35+,36-,37-,38+,39+,40-,41-,42+,43+,44+,45-,46-,49+,50+,51+,52-,55+,56-,57-,58+/m1/s1. The fourth-order valence-corrected chi connectivity index (χ4v) is 17.1. The van der Waals surface area contributed by atoms with E-state index < -0.39 is 183 Å². The molecular weight excluding hydrogens is 1100 g/mol. The van der Waals surface area contributed by atoms with E-state index in [0.29, 0.717) is 56.9 Å². The minimum atomic E-state index is -2.26. The normalized spacial score (nSPS) is 51.5. The van der Waals surface area contributed by atoms with Crippen LogP contribution in [0.2, 0.25) is 0 Å². The Kier molecular flexibility index (Phi) is 18.7. The molecule has 25 heteroatoms. The third kappa shape index (κ3) is 10.8. The quantitative estimate of drug-likeness (QED) is 0.0413. The van der Waals surface area contributed by atoms with E-state index in [-0.39, 0.29) is 40.6 Å². The lowest BCUT2D eigenvalue weighted by Crippen LogP contribution is -2.70. The van der Waals surface area contributed by atoms with E-state index in [1.807, 2.05) is 13.8 Å². The number of ether oxygens (including phenoxy) is 9. The molecule has 0 radical (unpaired) electrons. The SMILES string of the molecule is C/C=C(\C)C(=O)O[C@H]1CC(C)(C)CC2C3=CCC4[C@@]5(C)CC[C@H](O[C@@H]6O[C@H](C(=O)O)[C@@H](O)[C@H](O[C@@H]7O[C@H](CO)[C@@H](O)[C@H](O)[C@H]7O[C@@H]7OC[C@@H](O)[C@H](O)[C@H]7O)[C@H]6O[C@@H]6O[C@H](CO)[C@@H](O)[C@H](O)[C@H]6O)C(C)(C)C5CC[C@@]4(C)[C@]3(C)C[C@@H](O)[C@]21CO. The fraction of sp³-hybridized carbons (Fsp3) is 0.897. The molecule has 83 heavy (non-hydrogen) atoms. The Morgan fingerprint density at radius 1 is 0.639 bits per heavy atom. The zero-order valence-electron chi connectivity index (χ0n) is 48.8. The Labute approximate surface area is 483 Å². The number of aliphatic hydroxyl groups excluding tert-OH is 13. The molecule has 9 aliphatic rings. The summed E-state index contributed by atoms with van der Waals surface area (Å²) in [6, 6.07) is 0. The highest BCUT2D eigenvalue weighted by molar-refractivity contribution is 5.87. The van der Waals surface area contributed by atoms with Gasteiger partial charge in [-0.05, 0) is 110 Å². The number of rotatable bonds is 14. The van der Waals surface area contributed by atoms with Gasteiger partial charge in [-0.1, -0.05) is 66.2 Å². The molecule has 3 unspecified atom stereocenters. The van der Waals surface area contributed by atoms with E-state index >= 15 is 0 Å². The van der Waals surface area contributed by atoms with E-state index in [1.54, 1.807) is 19.9 Å². The van der Waals surface area contributed by atoms with Gasteiger partial charge in [0.15, 0.2) is 31.3 Å². The Hall–Kier alpha value is -2.42. The van der Waals surface area contributed by atoms with E-state index in [9.17, 15) is 81.1 Å². The minimum Gasteiger partial charge on any atom is -0.479 e. The first-order valence-electron chi connectivity index (χ1n) is 29.4. The lowest BCUT2D eigenvalue weighted by Gasteiger charge is -2.72. The zero-order valence-corrected chi connectivity index (χ0v) is 48.8. The van der Waals surface area contributed by atoms with Crippen LogP contribution in [0.25, 0.3) is 0 Å². The van der Waals surface area contributed by atoms with Crippen molar-refractivity contribution < 1.29 is 124 Å². The molecule has 4 aliphatic heterocycles. The van der Waals surface area contributed by atoms with Crippen molar-refractivity contribution in [1.29, 1.82) is 0 Å². The Balaban J connectivity index is 1.04. The highest BCUT2D eigenvalue weighted by Gasteiger charge is 2.72. The van der Waals surface area contributed by atoms with E-state index in [0.717, 1.165) is 0 Å². The largest absolute Gasteiger partial charge is 0.479 e. The van der Waals surface area contributed by atoms with Crippen molar-refractivity contribution in [1.82, 2.24) is 0 Å². The summed E-state index contributed by atoms with van der Waals surface area (Å²) in [5.41, 5.74) is -1.93. The topological polar surface area (TPSA) is 400 Å². The van der Waals surface area contributed by atoms with E-state index in [1.165, 1.54) is 5.57 Å². The zero-order chi connectivity index (χ0) is 61.0. The number of fused-ring (bicyclic) bond motifs is 7. The monoisotopic (exact) mass is 1190 g/mol. The van der Waals surface area contributed by atoms with Crippen LogP contribution >= 0.6 is 0 Å². The second kappa shape index (κ2) is 23.8. The van der Waals surface area contributed by atoms with Crippen LogP contribution in [-0.4, -0.2) is 245 Å². The first-order chi connectivity index (χ1) is 38.8. The number of aliphatic hydroxyl groups is 13. The van der Waals surface area contributed by atoms with Gasteiger partial charge in [0.2, 0.25) is 0 Å². The van der Waals surface area contributed by atoms with Crippen molar-refractivity contribution >= 4 is 11.9 Å². The first-order valence-corrected chi connectivity index (χ1v) is 29.4. The summed E-state index contributed by atoms with van der Waals surface area (Å²) in [6.45, 7) is 15.9. The van der Waals surface area contributed by atoms with Crippen molar-refractivity contribution in [3.63, 3.8) is 0 Å². The highest BCUT2D eigenvalue weighted by Crippen LogP contribution is 2.76. The van der Waals surface area contributed by atoms with Crippen LogP contribution < -0.4 is 0 Å². The van der Waals surface area contributed by atoms with Crippen LogP contribution in [0.3, 0.4) is 0 Å². The van der Waals surface area contributed by atoms with Gasteiger partial charge >= 0.3 is 11.9 Å². The van der Waals surface area contributed by atoms with Gasteiger partial charge in [-0.3, -0.25) is 0 Å². The molecule has 0 bridgehead atoms. The molecule has 4 heterocycles. The molecule has 25 nitrogen and oxygen atoms in total. The summed E-state index contributed by atoms with van der Waals surface area (Å²) in [7, 11) is 0. The lowest BCUT2D eigenvalue weighted by molar-refractivity contribution is -0.405. The number of carbonyl (C=O) groups is 2. The van der Waals surface area contributed by atoms with Crippen LogP contribution in [0.5, 0.6) is 0 Å². The van der Waals surface area contributed by atoms with E-state index in [2.05, 4.69) is 40.7 Å². The van der Waals surface area contributed by atoms with Gasteiger partial charge in [0.25, 0.3) is 0 Å². The Morgan fingerprint density at radius 3 is 1.87 bits per heavy atom. The summed E-state index contributed by atoms with van der Waals surface area (Å²) in [5.74, 6) is -2.53. The molecular formula is C58H92O25. The van der Waals surface area contributed by atoms with Crippen molar-refractivity contribution in [3.8, 4) is 0 Å². The molecule has 5 aliphatic carbocycles. The average Bonchev–Trinajstić information content (AvgIpc) is 0.779. The van der Waals surface area contributed by atoms with Crippen LogP contribution in [0.1, 0.15) is 114 Å². The van der Waals surface area contributed by atoms with Gasteiger partial charge in [-0.25, -0.2) is 9.59 Å². The van der Waals surface area contributed by atoms with Crippen molar-refractivity contribution in [2.45, 2.75) is 249 Å². The van der Waals surface area contributed by atoms with Crippen LogP contribution in [0, 0.1) is 50.2 Å². The molecule has 474 valence electrons. The second-order valence-electron chi connectivity index (χ2n) is 27.5. The molecule has 14 N–H and O–H groups in total. The molecule has 9 rings (SSSR count). The smallest absolute Gasteiger partial charge is 0.335 e. The first kappa shape index (κ1) is 65.0. The summed E-state index contributed by atoms with van der Waals surface area (Å²) in [4.78, 5) is 26.6. The third-order valence-corrected chi connectivity index (χ3v) is 22.1. The van der Waals surface area contributed by atoms with Gasteiger partial charge in [0.05, 0.1) is 44.1 Å². The number of carboxylic acids is 1. The predicted molar refractivity (Wildman–Crippen MR) is 283 cm³/mol. The molecule has 8 fully saturated rings. The van der Waals surface area contributed by atoms with Crippen LogP contribution in [-0.2, 0) is 52.2 Å².